The summed E-state index contributed by atoms with van der Waals surface area (Å²) in [5.41, 5.74) is 0. The molecule has 14 heteroatoms. The predicted molar refractivity (Wildman–Crippen MR) is 289 cm³/mol. The van der Waals surface area contributed by atoms with E-state index in [-0.39, 0.29) is 12.8 Å². The van der Waals surface area contributed by atoms with Crippen molar-refractivity contribution < 1.29 is 59.0 Å². The third kappa shape index (κ3) is 37.7. The van der Waals surface area contributed by atoms with E-state index in [0.717, 1.165) is 44.9 Å². The molecule has 1 aliphatic rings. The van der Waals surface area contributed by atoms with Gasteiger partial charge in [-0.05, 0) is 12.8 Å². The maximum absolute atomic E-state index is 13.1. The summed E-state index contributed by atoms with van der Waals surface area (Å²) in [6.07, 6.45) is 38.6. The number of aliphatic hydroxyl groups is 7. The smallest absolute Gasteiger partial charge is 0.393 e. The van der Waals surface area contributed by atoms with Crippen LogP contribution in [0.2, 0.25) is 0 Å². The number of phosphoric ester groups is 1. The summed E-state index contributed by atoms with van der Waals surface area (Å²) in [4.78, 5) is 23.7. The first-order chi connectivity index (χ1) is 34.3. The van der Waals surface area contributed by atoms with E-state index >= 15 is 0 Å². The van der Waals surface area contributed by atoms with Crippen molar-refractivity contribution in [3.05, 3.63) is 0 Å². The molecule has 0 radical (unpaired) electrons. The summed E-state index contributed by atoms with van der Waals surface area (Å²) in [5.74, 6) is -0.552. The fourth-order valence-corrected chi connectivity index (χ4v) is 11.1. The van der Waals surface area contributed by atoms with Gasteiger partial charge in [0.2, 0.25) is 5.91 Å². The van der Waals surface area contributed by atoms with Gasteiger partial charge in [-0.2, -0.15) is 0 Å². The van der Waals surface area contributed by atoms with Crippen LogP contribution in [0.15, 0.2) is 0 Å². The highest BCUT2D eigenvalue weighted by Gasteiger charge is 2.51. The Balaban J connectivity index is 2.36. The number of aliphatic hydroxyl groups excluding tert-OH is 7. The molecule has 1 amide bonds. The fourth-order valence-electron chi connectivity index (χ4n) is 10.1. The van der Waals surface area contributed by atoms with E-state index in [0.29, 0.717) is 12.8 Å². The molecule has 1 rings (SSSR count). The van der Waals surface area contributed by atoms with Crippen LogP contribution in [0.3, 0.4) is 0 Å². The molecule has 424 valence electrons. The molecule has 0 saturated heterocycles. The standard InChI is InChI=1S/C57H114NO12P/c1-3-5-7-9-11-13-15-17-19-21-23-25-27-29-31-33-35-37-39-41-43-45-50(60)49(47-69-71(67,68)70-57-55(65)53(63)52(62)54(64)56(57)66)58-51(61)46-48(59)44-42-40-38-36-34-32-30-28-26-24-22-20-18-16-14-12-10-8-6-4-2/h48-50,52-57,59-60,62-66H,3-47H2,1-2H3,(H,58,61)(H,67,68). The first-order valence-electron chi connectivity index (χ1n) is 30.1. The summed E-state index contributed by atoms with van der Waals surface area (Å²) < 4.78 is 23.1. The second-order valence-electron chi connectivity index (χ2n) is 21.8. The molecule has 0 aromatic carbocycles. The number of carbonyl (C=O) groups excluding carboxylic acids is 1. The predicted octanol–water partition coefficient (Wildman–Crippen LogP) is 12.7. The fraction of sp³-hybridized carbons (Fsp3) is 0.982. The molecule has 0 heterocycles. The summed E-state index contributed by atoms with van der Waals surface area (Å²) in [7, 11) is -5.12. The van der Waals surface area contributed by atoms with Crippen LogP contribution in [0.25, 0.3) is 0 Å². The van der Waals surface area contributed by atoms with Gasteiger partial charge in [0.05, 0.1) is 31.3 Å². The zero-order valence-corrected chi connectivity index (χ0v) is 46.6. The van der Waals surface area contributed by atoms with Crippen LogP contribution in [-0.2, 0) is 18.4 Å². The van der Waals surface area contributed by atoms with Crippen molar-refractivity contribution in [1.29, 1.82) is 0 Å². The average molecular weight is 1040 g/mol. The lowest BCUT2D eigenvalue weighted by atomic mass is 9.85. The number of carbonyl (C=O) groups is 1. The minimum Gasteiger partial charge on any atom is -0.393 e. The molecule has 1 saturated carbocycles. The molecular formula is C57H114NO12P. The molecule has 0 aromatic rings. The molecule has 13 nitrogen and oxygen atoms in total. The molecule has 8 atom stereocenters. The van der Waals surface area contributed by atoms with Gasteiger partial charge >= 0.3 is 7.82 Å². The number of rotatable bonds is 52. The average Bonchev–Trinajstić information content (AvgIpc) is 3.35. The Labute approximate surface area is 434 Å². The second kappa shape index (κ2) is 46.6. The van der Waals surface area contributed by atoms with Gasteiger partial charge in [0, 0.05) is 0 Å². The Kier molecular flexibility index (Phi) is 44.8. The third-order valence-electron chi connectivity index (χ3n) is 15.0. The van der Waals surface area contributed by atoms with Crippen LogP contribution in [0, 0.1) is 0 Å². The van der Waals surface area contributed by atoms with Gasteiger partial charge in [0.15, 0.2) is 0 Å². The van der Waals surface area contributed by atoms with E-state index in [1.54, 1.807) is 0 Å². The van der Waals surface area contributed by atoms with E-state index in [2.05, 4.69) is 19.2 Å². The number of unbranched alkanes of at least 4 members (excludes halogenated alkanes) is 39. The summed E-state index contributed by atoms with van der Waals surface area (Å²) >= 11 is 0. The quantitative estimate of drug-likeness (QED) is 0.0205. The molecule has 9 N–H and O–H groups in total. The minimum atomic E-state index is -5.12. The first kappa shape index (κ1) is 68.3. The first-order valence-corrected chi connectivity index (χ1v) is 31.6. The van der Waals surface area contributed by atoms with Gasteiger partial charge in [-0.25, -0.2) is 4.57 Å². The lowest BCUT2D eigenvalue weighted by Gasteiger charge is -2.41. The molecule has 1 aliphatic carbocycles. The van der Waals surface area contributed by atoms with Crippen molar-refractivity contribution in [3.8, 4) is 0 Å². The lowest BCUT2D eigenvalue weighted by Crippen LogP contribution is -2.64. The molecular weight excluding hydrogens is 922 g/mol. The Bertz CT molecular complexity index is 1220. The summed E-state index contributed by atoms with van der Waals surface area (Å²) in [6, 6.07) is -1.15. The van der Waals surface area contributed by atoms with Crippen molar-refractivity contribution >= 4 is 13.7 Å². The Morgan fingerprint density at radius 3 is 1.01 bits per heavy atom. The van der Waals surface area contributed by atoms with Gasteiger partial charge in [-0.15, -0.1) is 0 Å². The van der Waals surface area contributed by atoms with Gasteiger partial charge in [-0.3, -0.25) is 13.8 Å². The summed E-state index contributed by atoms with van der Waals surface area (Å²) in [5, 5.41) is 75.1. The zero-order chi connectivity index (χ0) is 52.2. The maximum Gasteiger partial charge on any atom is 0.472 e. The van der Waals surface area contributed by atoms with Crippen LogP contribution in [-0.4, -0.2) is 108 Å². The van der Waals surface area contributed by atoms with Crippen molar-refractivity contribution in [2.75, 3.05) is 6.61 Å². The molecule has 0 spiro atoms. The number of nitrogens with one attached hydrogen (secondary N) is 1. The number of phosphoric acid groups is 1. The number of amides is 1. The van der Waals surface area contributed by atoms with Crippen LogP contribution in [0.4, 0.5) is 0 Å². The lowest BCUT2D eigenvalue weighted by molar-refractivity contribution is -0.220. The molecule has 1 fully saturated rings. The molecule has 8 unspecified atom stereocenters. The van der Waals surface area contributed by atoms with Crippen LogP contribution in [0.1, 0.15) is 296 Å². The third-order valence-corrected chi connectivity index (χ3v) is 16.0. The molecule has 71 heavy (non-hydrogen) atoms. The Morgan fingerprint density at radius 2 is 0.704 bits per heavy atom. The van der Waals surface area contributed by atoms with Gasteiger partial charge in [-0.1, -0.05) is 277 Å². The topological polar surface area (TPSA) is 226 Å². The number of hydrogen-bond acceptors (Lipinski definition) is 11. The summed E-state index contributed by atoms with van der Waals surface area (Å²) in [6.45, 7) is 3.86. The molecule has 0 bridgehead atoms. The highest BCUT2D eigenvalue weighted by molar-refractivity contribution is 7.47. The minimum absolute atomic E-state index is 0.215. The second-order valence-corrected chi connectivity index (χ2v) is 23.2. The highest BCUT2D eigenvalue weighted by atomic mass is 31.2. The molecule has 0 aromatic heterocycles. The number of hydrogen-bond donors (Lipinski definition) is 9. The Hall–Kier alpha value is -0.700. The Morgan fingerprint density at radius 1 is 0.437 bits per heavy atom. The van der Waals surface area contributed by atoms with Crippen molar-refractivity contribution in [2.45, 2.75) is 351 Å². The van der Waals surface area contributed by atoms with Crippen LogP contribution < -0.4 is 5.32 Å². The van der Waals surface area contributed by atoms with Gasteiger partial charge in [0.1, 0.15) is 36.6 Å². The van der Waals surface area contributed by atoms with Gasteiger partial charge < -0.3 is 46.0 Å². The maximum atomic E-state index is 13.1. The van der Waals surface area contributed by atoms with Crippen molar-refractivity contribution in [3.63, 3.8) is 0 Å². The highest BCUT2D eigenvalue weighted by Crippen LogP contribution is 2.47. The molecule has 0 aliphatic heterocycles. The van der Waals surface area contributed by atoms with Crippen molar-refractivity contribution in [2.24, 2.45) is 0 Å². The van der Waals surface area contributed by atoms with Gasteiger partial charge in [0.25, 0.3) is 0 Å². The van der Waals surface area contributed by atoms with E-state index in [1.807, 2.05) is 0 Å². The van der Waals surface area contributed by atoms with Crippen molar-refractivity contribution in [1.82, 2.24) is 5.32 Å². The van der Waals surface area contributed by atoms with E-state index < -0.39 is 75.2 Å². The zero-order valence-electron chi connectivity index (χ0n) is 45.7. The van der Waals surface area contributed by atoms with E-state index in [1.165, 1.54) is 212 Å². The van der Waals surface area contributed by atoms with Crippen LogP contribution in [0.5, 0.6) is 0 Å². The normalized spacial score (nSPS) is 21.5. The van der Waals surface area contributed by atoms with Crippen LogP contribution >= 0.6 is 7.82 Å². The van der Waals surface area contributed by atoms with E-state index in [9.17, 15) is 50.0 Å². The van der Waals surface area contributed by atoms with E-state index in [4.69, 9.17) is 9.05 Å². The largest absolute Gasteiger partial charge is 0.472 e. The SMILES string of the molecule is CCCCCCCCCCCCCCCCCCCCCCCC(O)C(COP(=O)(O)OC1C(O)C(O)C(O)C(O)C1O)NC(=O)CC(O)CCCCCCCCCCCCCCCCCCCCCC. The monoisotopic (exact) mass is 1040 g/mol.